The molecule has 0 saturated carbocycles. The van der Waals surface area contributed by atoms with E-state index in [1.165, 1.54) is 40.8 Å². The fraction of sp³-hybridized carbons (Fsp3) is 0.342. The topological polar surface area (TPSA) is 125 Å². The number of imidazole rings is 1. The molecule has 8 rings (SSSR count). The molecule has 1 saturated heterocycles. The lowest BCUT2D eigenvalue weighted by atomic mass is 10.1. The number of benzene rings is 2. The maximum atomic E-state index is 15.1. The van der Waals surface area contributed by atoms with Crippen molar-refractivity contribution in [1.29, 1.82) is 0 Å². The van der Waals surface area contributed by atoms with E-state index in [0.717, 1.165) is 12.1 Å². The first kappa shape index (κ1) is 35.3. The number of nitrogens with one attached hydrogen (secondary N) is 1. The number of amides is 1. The Morgan fingerprint density at radius 3 is 2.56 bits per heavy atom. The van der Waals surface area contributed by atoms with E-state index < -0.39 is 35.2 Å². The Hall–Kier alpha value is -5.74. The van der Waals surface area contributed by atoms with Crippen LogP contribution in [0.5, 0.6) is 0 Å². The van der Waals surface area contributed by atoms with Crippen LogP contribution in [0.3, 0.4) is 0 Å². The van der Waals surface area contributed by atoms with Gasteiger partial charge >= 0.3 is 0 Å². The Morgan fingerprint density at radius 2 is 1.78 bits per heavy atom. The molecular weight excluding hydrogens is 703 g/mol. The summed E-state index contributed by atoms with van der Waals surface area (Å²) in [6.07, 6.45) is 3.03. The number of aromatic nitrogens is 6. The number of hydrogen-bond acceptors (Lipinski definition) is 9. The first-order valence-corrected chi connectivity index (χ1v) is 17.5. The number of nitrogens with zero attached hydrogens (tertiary/aromatic N) is 8. The van der Waals surface area contributed by atoms with E-state index in [1.807, 2.05) is 34.6 Å². The van der Waals surface area contributed by atoms with Gasteiger partial charge in [-0.1, -0.05) is 6.07 Å². The minimum absolute atomic E-state index is 0.0638. The highest BCUT2D eigenvalue weighted by Crippen LogP contribution is 2.36. The molecule has 280 valence electrons. The van der Waals surface area contributed by atoms with Crippen LogP contribution >= 0.6 is 0 Å². The van der Waals surface area contributed by atoms with Gasteiger partial charge in [0.2, 0.25) is 5.91 Å². The summed E-state index contributed by atoms with van der Waals surface area (Å²) in [6, 6.07) is 10.4. The Balaban J connectivity index is 1.27. The minimum Gasteiger partial charge on any atom is -0.383 e. The number of carbonyl (C=O) groups is 1. The average molecular weight is 742 g/mol. The van der Waals surface area contributed by atoms with Gasteiger partial charge in [-0.25, -0.2) is 27.8 Å². The maximum absolute atomic E-state index is 15.1. The molecule has 6 heterocycles. The first-order valence-electron chi connectivity index (χ1n) is 17.5. The van der Waals surface area contributed by atoms with Crippen molar-refractivity contribution in [1.82, 2.24) is 33.8 Å². The Labute approximate surface area is 307 Å². The second-order valence-electron chi connectivity index (χ2n) is 13.7. The minimum atomic E-state index is -0.888. The number of likely N-dealkylation sites (N-methyl/N-ethyl adjacent to an activating group) is 1. The van der Waals surface area contributed by atoms with Gasteiger partial charge in [0.15, 0.2) is 5.82 Å². The monoisotopic (exact) mass is 741 g/mol. The van der Waals surface area contributed by atoms with E-state index in [4.69, 9.17) is 14.5 Å². The van der Waals surface area contributed by atoms with Crippen molar-refractivity contribution in [2.24, 2.45) is 0 Å². The fourth-order valence-corrected chi connectivity index (χ4v) is 7.72. The molecule has 2 aromatic carbocycles. The van der Waals surface area contributed by atoms with Crippen LogP contribution in [0.25, 0.3) is 38.9 Å². The zero-order valence-corrected chi connectivity index (χ0v) is 30.1. The van der Waals surface area contributed by atoms with E-state index in [0.29, 0.717) is 64.5 Å². The summed E-state index contributed by atoms with van der Waals surface area (Å²) in [7, 11) is 4.83. The molecule has 0 unspecified atom stereocenters. The third-order valence-corrected chi connectivity index (χ3v) is 10.3. The molecule has 54 heavy (non-hydrogen) atoms. The van der Waals surface area contributed by atoms with E-state index in [2.05, 4.69) is 15.4 Å². The van der Waals surface area contributed by atoms with Crippen molar-refractivity contribution in [3.05, 3.63) is 94.6 Å². The van der Waals surface area contributed by atoms with Gasteiger partial charge in [-0.2, -0.15) is 5.10 Å². The predicted molar refractivity (Wildman–Crippen MR) is 196 cm³/mol. The molecule has 0 spiro atoms. The summed E-state index contributed by atoms with van der Waals surface area (Å²) in [5, 5.41) is 8.30. The van der Waals surface area contributed by atoms with Crippen LogP contribution in [0.1, 0.15) is 12.2 Å². The molecule has 4 bridgehead atoms. The number of rotatable bonds is 6. The lowest BCUT2D eigenvalue weighted by Gasteiger charge is -2.31. The zero-order valence-electron chi connectivity index (χ0n) is 30.1. The highest BCUT2D eigenvalue weighted by atomic mass is 19.1. The molecule has 3 atom stereocenters. The Morgan fingerprint density at radius 1 is 0.944 bits per heavy atom. The quantitative estimate of drug-likeness (QED) is 0.263. The van der Waals surface area contributed by atoms with Crippen LogP contribution in [0.2, 0.25) is 0 Å². The van der Waals surface area contributed by atoms with Crippen LogP contribution in [0.15, 0.2) is 65.7 Å². The van der Waals surface area contributed by atoms with Crippen molar-refractivity contribution < 1.29 is 27.4 Å². The summed E-state index contributed by atoms with van der Waals surface area (Å²) in [4.78, 5) is 41.7. The third-order valence-electron chi connectivity index (χ3n) is 10.3. The molecule has 13 nitrogen and oxygen atoms in total. The van der Waals surface area contributed by atoms with Gasteiger partial charge in [-0.05, 0) is 43.7 Å². The van der Waals surface area contributed by atoms with E-state index in [9.17, 15) is 14.0 Å². The summed E-state index contributed by atoms with van der Waals surface area (Å²) in [5.41, 5.74) is 2.35. The number of methoxy groups -OCH3 is 2. The molecule has 16 heteroatoms. The molecule has 1 N–H and O–H groups in total. The summed E-state index contributed by atoms with van der Waals surface area (Å²) >= 11 is 0. The molecule has 1 fully saturated rings. The largest absolute Gasteiger partial charge is 0.383 e. The second-order valence-corrected chi connectivity index (χ2v) is 13.7. The van der Waals surface area contributed by atoms with Crippen LogP contribution in [-0.2, 0) is 27.4 Å². The van der Waals surface area contributed by atoms with Crippen molar-refractivity contribution in [3.8, 4) is 16.9 Å². The Kier molecular flexibility index (Phi) is 9.09. The molecule has 2 aliphatic heterocycles. The average Bonchev–Trinajstić information content (AvgIpc) is 3.86. The number of halogens is 3. The van der Waals surface area contributed by atoms with Crippen molar-refractivity contribution in [2.75, 3.05) is 51.2 Å². The summed E-state index contributed by atoms with van der Waals surface area (Å²) in [5.74, 6) is -1.09. The Bertz CT molecular complexity index is 2480. The van der Waals surface area contributed by atoms with Crippen LogP contribution < -0.4 is 15.8 Å². The first-order chi connectivity index (χ1) is 26.0. The van der Waals surface area contributed by atoms with Gasteiger partial charge in [0.25, 0.3) is 5.56 Å². The molecule has 2 aliphatic rings. The standard InChI is InChI=1S/C38H38F3N9O4/c1-21-43-30-14-23(40)12-26-29-6-5-7-34(45-29)44-24-15-32(37(51)46(2)18-25(54-4)19-48(21)35(26)30)49(17-24)33-20-47(10-11-53-3)38(52)36-27(33)16-42-50(36)31-9-8-22(39)13-28(31)41/h5-9,12-14,16,20,24-25,32H,10-11,15,17-19H2,1-4H3,(H,44,45)/t24-,25-,32-/m0/s1. The summed E-state index contributed by atoms with van der Waals surface area (Å²) in [6.45, 7) is 3.08. The van der Waals surface area contributed by atoms with Crippen molar-refractivity contribution >= 4 is 39.3 Å². The molecule has 0 aliphatic carbocycles. The lowest BCUT2D eigenvalue weighted by Crippen LogP contribution is -2.47. The van der Waals surface area contributed by atoms with E-state index >= 15 is 8.78 Å². The SMILES string of the molecule is COCCn1cc(N2C[C@@H]3C[C@H]2C(=O)N(C)C[C@H](OC)Cn2c(C)nc4cc(F)cc(c42)-c2cccc(n2)N3)c2cnn(-c3ccc(F)cc3F)c2c1=O. The van der Waals surface area contributed by atoms with Crippen LogP contribution in [0, 0.1) is 24.4 Å². The highest BCUT2D eigenvalue weighted by molar-refractivity contribution is 5.96. The van der Waals surface area contributed by atoms with Crippen molar-refractivity contribution in [2.45, 2.75) is 44.6 Å². The normalized spacial score (nSPS) is 19.0. The van der Waals surface area contributed by atoms with Crippen molar-refractivity contribution in [3.63, 3.8) is 0 Å². The van der Waals surface area contributed by atoms with Gasteiger partial charge in [0, 0.05) is 70.8 Å². The van der Waals surface area contributed by atoms with E-state index in [1.54, 1.807) is 25.3 Å². The second kappa shape index (κ2) is 13.9. The van der Waals surface area contributed by atoms with Gasteiger partial charge in [0.05, 0.1) is 53.3 Å². The summed E-state index contributed by atoms with van der Waals surface area (Å²) < 4.78 is 59.9. The van der Waals surface area contributed by atoms with Gasteiger partial charge in [-0.3, -0.25) is 9.59 Å². The van der Waals surface area contributed by atoms with Crippen LogP contribution in [-0.4, -0.2) is 98.8 Å². The number of aryl methyl sites for hydroxylation is 1. The highest BCUT2D eigenvalue weighted by Gasteiger charge is 2.40. The smallest absolute Gasteiger partial charge is 0.277 e. The number of anilines is 2. The lowest BCUT2D eigenvalue weighted by molar-refractivity contribution is -0.132. The zero-order chi connectivity index (χ0) is 37.8. The van der Waals surface area contributed by atoms with Crippen LogP contribution in [0.4, 0.5) is 24.7 Å². The van der Waals surface area contributed by atoms with Gasteiger partial charge in [-0.15, -0.1) is 0 Å². The molecule has 1 amide bonds. The molecule has 4 aromatic heterocycles. The number of fused-ring (bicyclic) bond motifs is 6. The number of pyridine rings is 2. The number of carbonyl (C=O) groups excluding carboxylic acids is 1. The fourth-order valence-electron chi connectivity index (χ4n) is 7.72. The molecular formula is C38H38F3N9O4. The maximum Gasteiger partial charge on any atom is 0.277 e. The predicted octanol–water partition coefficient (Wildman–Crippen LogP) is 4.52. The molecule has 0 radical (unpaired) electrons. The van der Waals surface area contributed by atoms with E-state index in [-0.39, 0.29) is 42.8 Å². The number of hydrogen-bond donors (Lipinski definition) is 1. The van der Waals surface area contributed by atoms with Gasteiger partial charge in [0.1, 0.15) is 40.5 Å². The van der Waals surface area contributed by atoms with Gasteiger partial charge < -0.3 is 33.7 Å². The number of ether oxygens (including phenoxy) is 2. The third kappa shape index (κ3) is 6.14. The molecule has 6 aromatic rings.